The van der Waals surface area contributed by atoms with E-state index in [2.05, 4.69) is 10.2 Å². The van der Waals surface area contributed by atoms with Gasteiger partial charge in [-0.1, -0.05) is 0 Å². The van der Waals surface area contributed by atoms with Gasteiger partial charge in [-0.2, -0.15) is 0 Å². The molecule has 0 spiro atoms. The maximum atomic E-state index is 12.2. The molecule has 2 N–H and O–H groups in total. The van der Waals surface area contributed by atoms with Crippen LogP contribution in [0.25, 0.3) is 10.9 Å². The van der Waals surface area contributed by atoms with Gasteiger partial charge in [-0.05, 0) is 56.3 Å². The van der Waals surface area contributed by atoms with Gasteiger partial charge < -0.3 is 19.5 Å². The largest absolute Gasteiger partial charge is 0.508 e. The predicted molar refractivity (Wildman–Crippen MR) is 97.5 cm³/mol. The summed E-state index contributed by atoms with van der Waals surface area (Å²) in [6.07, 6.45) is 0. The Morgan fingerprint density at radius 1 is 1.12 bits per heavy atom. The van der Waals surface area contributed by atoms with Crippen LogP contribution in [0.1, 0.15) is 30.2 Å². The van der Waals surface area contributed by atoms with Crippen LogP contribution in [-0.2, 0) is 0 Å². The predicted octanol–water partition coefficient (Wildman–Crippen LogP) is 4.57. The summed E-state index contributed by atoms with van der Waals surface area (Å²) in [7, 11) is 1.55. The number of benzene rings is 2. The summed E-state index contributed by atoms with van der Waals surface area (Å²) in [6.45, 7) is 3.87. The zero-order valence-corrected chi connectivity index (χ0v) is 14.7. The van der Waals surface area contributed by atoms with Gasteiger partial charge in [0.25, 0.3) is 5.91 Å². The number of methoxy groups -OCH3 is 1. The number of phenols is 1. The minimum atomic E-state index is -0.572. The first-order chi connectivity index (χ1) is 12.4. The maximum absolute atomic E-state index is 12.2. The minimum Gasteiger partial charge on any atom is -0.508 e. The number of hydrogen-bond donors (Lipinski definition) is 2. The van der Waals surface area contributed by atoms with Crippen LogP contribution in [0.3, 0.4) is 0 Å². The van der Waals surface area contributed by atoms with Gasteiger partial charge >= 0.3 is 0 Å². The number of aromatic hydroxyl groups is 2. The van der Waals surface area contributed by atoms with Crippen molar-refractivity contribution >= 4 is 22.5 Å². The third-order valence-corrected chi connectivity index (χ3v) is 4.03. The SMILES string of the molecule is COc1ccc2c(c1)c(N=NC(=O)c1ccc(O)cc1)c(O)n2C(C)C. The molecule has 0 radical (unpaired) electrons. The molecule has 1 heterocycles. The first-order valence-corrected chi connectivity index (χ1v) is 8.08. The van der Waals surface area contributed by atoms with E-state index in [-0.39, 0.29) is 28.9 Å². The second kappa shape index (κ2) is 6.87. The molecular formula is C19H19N3O4. The standard InChI is InChI=1S/C19H19N3O4/c1-11(2)22-16-9-8-14(26-3)10-15(16)17(19(22)25)20-21-18(24)12-4-6-13(23)7-5-12/h4-11,23,25H,1-3H3. The lowest BCUT2D eigenvalue weighted by Gasteiger charge is -2.10. The highest BCUT2D eigenvalue weighted by Gasteiger charge is 2.19. The molecule has 2 aromatic carbocycles. The Hall–Kier alpha value is -3.35. The molecule has 0 fully saturated rings. The van der Waals surface area contributed by atoms with E-state index in [0.717, 1.165) is 5.52 Å². The van der Waals surface area contributed by atoms with Crippen molar-refractivity contribution in [3.63, 3.8) is 0 Å². The molecule has 0 saturated carbocycles. The smallest absolute Gasteiger partial charge is 0.295 e. The number of fused-ring (bicyclic) bond motifs is 1. The number of rotatable bonds is 4. The number of phenolic OH excluding ortho intramolecular Hbond substituents is 1. The molecular weight excluding hydrogens is 334 g/mol. The van der Waals surface area contributed by atoms with Crippen LogP contribution in [0.5, 0.6) is 17.4 Å². The van der Waals surface area contributed by atoms with Crippen molar-refractivity contribution in [3.05, 3.63) is 48.0 Å². The Morgan fingerprint density at radius 3 is 2.42 bits per heavy atom. The van der Waals surface area contributed by atoms with Gasteiger partial charge in [0.1, 0.15) is 11.5 Å². The van der Waals surface area contributed by atoms with Gasteiger partial charge in [0.05, 0.1) is 12.6 Å². The van der Waals surface area contributed by atoms with Gasteiger partial charge in [0, 0.05) is 17.0 Å². The summed E-state index contributed by atoms with van der Waals surface area (Å²) < 4.78 is 6.96. The van der Waals surface area contributed by atoms with Crippen LogP contribution in [0, 0.1) is 0 Å². The first kappa shape index (κ1) is 17.5. The van der Waals surface area contributed by atoms with Crippen LogP contribution < -0.4 is 4.74 Å². The lowest BCUT2D eigenvalue weighted by molar-refractivity contribution is 0.0995. The number of aromatic nitrogens is 1. The average Bonchev–Trinajstić information content (AvgIpc) is 2.90. The van der Waals surface area contributed by atoms with Gasteiger partial charge in [0.2, 0.25) is 5.88 Å². The molecule has 0 aliphatic rings. The summed E-state index contributed by atoms with van der Waals surface area (Å²) in [5.41, 5.74) is 1.26. The van der Waals surface area contributed by atoms with E-state index in [1.807, 2.05) is 19.9 Å². The van der Waals surface area contributed by atoms with E-state index in [1.54, 1.807) is 23.8 Å². The second-order valence-corrected chi connectivity index (χ2v) is 6.07. The van der Waals surface area contributed by atoms with Crippen molar-refractivity contribution in [2.24, 2.45) is 10.2 Å². The van der Waals surface area contributed by atoms with Gasteiger partial charge in [-0.15, -0.1) is 10.2 Å². The quantitative estimate of drug-likeness (QED) is 0.672. The Bertz CT molecular complexity index is 988. The lowest BCUT2D eigenvalue weighted by atomic mass is 10.2. The number of carbonyl (C=O) groups is 1. The molecule has 3 rings (SSSR count). The molecule has 1 aromatic heterocycles. The molecule has 0 saturated heterocycles. The number of amides is 1. The second-order valence-electron chi connectivity index (χ2n) is 6.07. The highest BCUT2D eigenvalue weighted by atomic mass is 16.5. The molecule has 0 unspecified atom stereocenters. The van der Waals surface area contributed by atoms with Crippen LogP contribution in [0.2, 0.25) is 0 Å². The van der Waals surface area contributed by atoms with Crippen molar-refractivity contribution in [3.8, 4) is 17.4 Å². The molecule has 7 nitrogen and oxygen atoms in total. The summed E-state index contributed by atoms with van der Waals surface area (Å²) >= 11 is 0. The lowest BCUT2D eigenvalue weighted by Crippen LogP contribution is -1.99. The summed E-state index contributed by atoms with van der Waals surface area (Å²) in [5.74, 6) is 0.0335. The van der Waals surface area contributed by atoms with Crippen molar-refractivity contribution < 1.29 is 19.7 Å². The third kappa shape index (κ3) is 3.11. The number of azo groups is 1. The van der Waals surface area contributed by atoms with E-state index in [1.165, 1.54) is 24.3 Å². The Labute approximate surface area is 150 Å². The van der Waals surface area contributed by atoms with Crippen molar-refractivity contribution in [1.82, 2.24) is 4.57 Å². The molecule has 3 aromatic rings. The summed E-state index contributed by atoms with van der Waals surface area (Å²) in [6, 6.07) is 11.1. The van der Waals surface area contributed by atoms with E-state index >= 15 is 0 Å². The number of ether oxygens (including phenoxy) is 1. The number of nitrogens with zero attached hydrogens (tertiary/aromatic N) is 3. The third-order valence-electron chi connectivity index (χ3n) is 4.03. The van der Waals surface area contributed by atoms with E-state index in [9.17, 15) is 15.0 Å². The summed E-state index contributed by atoms with van der Waals surface area (Å²) in [5, 5.41) is 28.2. The molecule has 0 bridgehead atoms. The first-order valence-electron chi connectivity index (χ1n) is 8.08. The normalized spacial score (nSPS) is 11.5. The Balaban J connectivity index is 2.07. The fraction of sp³-hybridized carbons (Fsp3) is 0.211. The molecule has 0 aliphatic heterocycles. The van der Waals surface area contributed by atoms with Crippen molar-refractivity contribution in [2.75, 3.05) is 7.11 Å². The van der Waals surface area contributed by atoms with Crippen LogP contribution in [0.15, 0.2) is 52.7 Å². The average molecular weight is 353 g/mol. The van der Waals surface area contributed by atoms with Crippen LogP contribution in [-0.4, -0.2) is 27.8 Å². The van der Waals surface area contributed by atoms with Crippen LogP contribution in [0.4, 0.5) is 5.69 Å². The maximum Gasteiger partial charge on any atom is 0.295 e. The molecule has 7 heteroatoms. The molecule has 0 aliphatic carbocycles. The Morgan fingerprint density at radius 2 is 1.81 bits per heavy atom. The molecule has 26 heavy (non-hydrogen) atoms. The number of hydrogen-bond acceptors (Lipinski definition) is 5. The van der Waals surface area contributed by atoms with Crippen LogP contribution >= 0.6 is 0 Å². The van der Waals surface area contributed by atoms with E-state index in [0.29, 0.717) is 11.1 Å². The molecule has 134 valence electrons. The van der Waals surface area contributed by atoms with Gasteiger partial charge in [0.15, 0.2) is 5.69 Å². The van der Waals surface area contributed by atoms with Crippen molar-refractivity contribution in [1.29, 1.82) is 0 Å². The monoisotopic (exact) mass is 353 g/mol. The van der Waals surface area contributed by atoms with E-state index < -0.39 is 5.91 Å². The van der Waals surface area contributed by atoms with Gasteiger partial charge in [-0.25, -0.2) is 0 Å². The summed E-state index contributed by atoms with van der Waals surface area (Å²) in [4.78, 5) is 12.2. The molecule has 1 amide bonds. The topological polar surface area (TPSA) is 96.4 Å². The highest BCUT2D eigenvalue weighted by molar-refractivity contribution is 5.98. The van der Waals surface area contributed by atoms with E-state index in [4.69, 9.17) is 4.74 Å². The zero-order chi connectivity index (χ0) is 18.8. The zero-order valence-electron chi connectivity index (χ0n) is 14.7. The highest BCUT2D eigenvalue weighted by Crippen LogP contribution is 2.42. The van der Waals surface area contributed by atoms with Gasteiger partial charge in [-0.3, -0.25) is 4.79 Å². The minimum absolute atomic E-state index is 0.0114. The fourth-order valence-corrected chi connectivity index (χ4v) is 2.77. The van der Waals surface area contributed by atoms with Crippen molar-refractivity contribution in [2.45, 2.75) is 19.9 Å². The molecule has 0 atom stereocenters. The Kier molecular flexibility index (Phi) is 4.62. The number of carbonyl (C=O) groups excluding carboxylic acids is 1. The fourth-order valence-electron chi connectivity index (χ4n) is 2.77.